The topological polar surface area (TPSA) is 6.48 Å². The van der Waals surface area contributed by atoms with Crippen molar-refractivity contribution in [1.29, 1.82) is 0 Å². The van der Waals surface area contributed by atoms with Crippen molar-refractivity contribution in [3.63, 3.8) is 0 Å². The van der Waals surface area contributed by atoms with Gasteiger partial charge >= 0.3 is 71.2 Å². The van der Waals surface area contributed by atoms with Crippen LogP contribution in [-0.4, -0.2) is 21.6 Å². The van der Waals surface area contributed by atoms with Crippen molar-refractivity contribution in [2.24, 2.45) is 0 Å². The number of hydrogen-bond acceptors (Lipinski definition) is 3. The number of aryl methyl sites for hydroxylation is 6. The molecule has 3 aromatic rings. The van der Waals surface area contributed by atoms with Crippen LogP contribution >= 0.6 is 38.6 Å². The molecule has 1 aliphatic heterocycles. The van der Waals surface area contributed by atoms with Crippen LogP contribution in [0.25, 0.3) is 0 Å². The summed E-state index contributed by atoms with van der Waals surface area (Å²) in [6.07, 6.45) is 28.1. The molecule has 0 bridgehead atoms. The molecule has 3 fully saturated rings. The SMILES string of the molecule is C1CCC([PH+](C2CCCCC2)C2CCCCC2)CC1.Cc1cc(C)c(N2C=CN(c3c(C)cc(C)cc3C)[CH-]2)c(C)c1.[Cl][Ru]([Cl])=[CH]c1cccs1. The Balaban J connectivity index is 0.000000162. The standard InChI is InChI=1S/C21H25N2.C18H33P.C5H4S.2ClH.Ru/c1-14-9-16(3)20(17(4)10-14)22-7-8-23(13-22)21-18(5)11-15(2)12-19(21)6;1-4-10-16(11-5-1)19(17-12-6-2-7-13-17)18-14-8-3-9-15-18;1-5-3-2-4-6-5;;;/h7-13H,1-6H3;16-18H,1-15H2;1-4H;2*1H;/q-1;;;;;+2/p-1. The van der Waals surface area contributed by atoms with Crippen molar-refractivity contribution in [2.75, 3.05) is 9.80 Å². The Morgan fingerprint density at radius 3 is 1.31 bits per heavy atom. The average Bonchev–Trinajstić information content (AvgIpc) is 3.79. The third-order valence-corrected chi connectivity index (χ3v) is 18.9. The Bertz CT molecular complexity index is 1430. The summed E-state index contributed by atoms with van der Waals surface area (Å²) in [5.74, 6) is 0. The van der Waals surface area contributed by atoms with Crippen LogP contribution in [0.2, 0.25) is 0 Å². The summed E-state index contributed by atoms with van der Waals surface area (Å²) in [6, 6.07) is 13.0. The van der Waals surface area contributed by atoms with Gasteiger partial charge in [0.05, 0.1) is 17.0 Å². The van der Waals surface area contributed by atoms with Gasteiger partial charge in [-0.2, -0.15) is 0 Å². The van der Waals surface area contributed by atoms with E-state index in [-0.39, 0.29) is 7.92 Å². The molecule has 4 aliphatic rings. The average molecular weight is 855 g/mol. The van der Waals surface area contributed by atoms with Gasteiger partial charge in [0.25, 0.3) is 0 Å². The first kappa shape index (κ1) is 41.2. The van der Waals surface area contributed by atoms with Crippen LogP contribution in [0, 0.1) is 48.2 Å². The van der Waals surface area contributed by atoms with E-state index in [1.165, 1.54) is 66.6 Å². The van der Waals surface area contributed by atoms with Gasteiger partial charge in [-0.05, 0) is 153 Å². The molecule has 3 aliphatic carbocycles. The van der Waals surface area contributed by atoms with Gasteiger partial charge in [0.2, 0.25) is 0 Å². The normalized spacial score (nSPS) is 19.0. The Morgan fingerprint density at radius 2 is 1.00 bits per heavy atom. The first-order chi connectivity index (χ1) is 24.6. The molecule has 0 radical (unpaired) electrons. The number of benzene rings is 2. The summed E-state index contributed by atoms with van der Waals surface area (Å²) in [4.78, 5) is 5.63. The van der Waals surface area contributed by atoms with Crippen molar-refractivity contribution >= 4 is 54.6 Å². The van der Waals surface area contributed by atoms with Gasteiger partial charge in [0, 0.05) is 19.3 Å². The number of thiophene rings is 1. The first-order valence-electron chi connectivity index (χ1n) is 19.6. The molecule has 2 nitrogen and oxygen atoms in total. The summed E-state index contributed by atoms with van der Waals surface area (Å²) in [7, 11) is 11.2. The summed E-state index contributed by atoms with van der Waals surface area (Å²) in [5, 5.41) is 2.01. The number of halogens is 2. The zero-order valence-corrected chi connectivity index (χ0v) is 37.2. The molecule has 2 aromatic carbocycles. The molecule has 0 unspecified atom stereocenters. The fraction of sp³-hybridized carbons (Fsp3) is 0.545. The molecule has 282 valence electrons. The van der Waals surface area contributed by atoms with Crippen LogP contribution in [0.5, 0.6) is 0 Å². The molecular weight excluding hydrogens is 792 g/mol. The maximum atomic E-state index is 5.63. The van der Waals surface area contributed by atoms with E-state index in [9.17, 15) is 0 Å². The number of rotatable bonds is 6. The summed E-state index contributed by atoms with van der Waals surface area (Å²) in [6.45, 7) is 15.2. The second-order valence-corrected chi connectivity index (χ2v) is 25.7. The summed E-state index contributed by atoms with van der Waals surface area (Å²) >= 11 is 0.0926. The predicted molar refractivity (Wildman–Crippen MR) is 230 cm³/mol. The third-order valence-electron chi connectivity index (χ3n) is 11.4. The quantitative estimate of drug-likeness (QED) is 0.138. The zero-order chi connectivity index (χ0) is 36.3. The Hall–Kier alpha value is -1.02. The second kappa shape index (κ2) is 20.6. The van der Waals surface area contributed by atoms with Gasteiger partial charge in [0.15, 0.2) is 0 Å². The molecule has 7 rings (SSSR count). The molecule has 0 saturated heterocycles. The van der Waals surface area contributed by atoms with Gasteiger partial charge in [-0.3, -0.25) is 0 Å². The van der Waals surface area contributed by atoms with Crippen LogP contribution in [0.4, 0.5) is 11.4 Å². The molecular formula is C44H63Cl2N2PRuS. The van der Waals surface area contributed by atoms with Crippen LogP contribution in [0.3, 0.4) is 0 Å². The minimum atomic E-state index is -1.57. The van der Waals surface area contributed by atoms with E-state index in [2.05, 4.69) is 94.7 Å². The third kappa shape index (κ3) is 12.0. The Kier molecular flexibility index (Phi) is 16.6. The van der Waals surface area contributed by atoms with E-state index >= 15 is 0 Å². The van der Waals surface area contributed by atoms with E-state index in [1.54, 1.807) is 108 Å². The monoisotopic (exact) mass is 854 g/mol. The van der Waals surface area contributed by atoms with Crippen molar-refractivity contribution < 1.29 is 13.5 Å². The second-order valence-electron chi connectivity index (χ2n) is 15.5. The zero-order valence-electron chi connectivity index (χ0n) is 32.1. The van der Waals surface area contributed by atoms with Crippen molar-refractivity contribution in [3.8, 4) is 0 Å². The molecule has 51 heavy (non-hydrogen) atoms. The predicted octanol–water partition coefficient (Wildman–Crippen LogP) is 14.5. The molecule has 7 heteroatoms. The van der Waals surface area contributed by atoms with E-state index in [1.807, 2.05) is 22.1 Å². The van der Waals surface area contributed by atoms with E-state index in [0.29, 0.717) is 0 Å². The fourth-order valence-electron chi connectivity index (χ4n) is 9.51. The summed E-state index contributed by atoms with van der Waals surface area (Å²) < 4.78 is 1.94. The number of anilines is 2. The molecule has 0 N–H and O–H groups in total. The van der Waals surface area contributed by atoms with Crippen molar-refractivity contribution in [3.05, 3.63) is 99.1 Å². The Labute approximate surface area is 329 Å². The van der Waals surface area contributed by atoms with Gasteiger partial charge in [0.1, 0.15) is 0 Å². The van der Waals surface area contributed by atoms with Gasteiger partial charge in [-0.1, -0.05) is 54.7 Å². The first-order valence-corrected chi connectivity index (χ1v) is 27.7. The van der Waals surface area contributed by atoms with Crippen LogP contribution < -0.4 is 9.80 Å². The van der Waals surface area contributed by atoms with Crippen molar-refractivity contribution in [2.45, 2.75) is 155 Å². The number of hydrogen-bond donors (Lipinski definition) is 0. The van der Waals surface area contributed by atoms with Crippen LogP contribution in [-0.2, 0) is 13.5 Å². The molecule has 0 spiro atoms. The number of nitrogens with zero attached hydrogens (tertiary/aromatic N) is 2. The van der Waals surface area contributed by atoms with E-state index < -0.39 is 13.5 Å². The molecule has 0 amide bonds. The molecule has 2 heterocycles. The van der Waals surface area contributed by atoms with Gasteiger partial charge in [-0.15, -0.1) is 6.67 Å². The molecule has 0 atom stereocenters. The van der Waals surface area contributed by atoms with Crippen LogP contribution in [0.15, 0.2) is 54.2 Å². The van der Waals surface area contributed by atoms with E-state index in [4.69, 9.17) is 19.4 Å². The molecule has 1 aromatic heterocycles. The van der Waals surface area contributed by atoms with E-state index in [0.717, 1.165) is 0 Å². The Morgan fingerprint density at radius 1 is 0.627 bits per heavy atom. The van der Waals surface area contributed by atoms with Gasteiger partial charge < -0.3 is 9.80 Å². The van der Waals surface area contributed by atoms with Crippen molar-refractivity contribution in [1.82, 2.24) is 0 Å². The van der Waals surface area contributed by atoms with Gasteiger partial charge in [-0.25, -0.2) is 0 Å². The fourth-order valence-corrected chi connectivity index (χ4v) is 18.2. The molecule has 3 saturated carbocycles. The maximum absolute atomic E-state index is 5.63. The summed E-state index contributed by atoms with van der Waals surface area (Å²) in [5.41, 5.74) is 14.1. The minimum absolute atomic E-state index is 0.0465. The van der Waals surface area contributed by atoms with Crippen LogP contribution in [0.1, 0.15) is 135 Å².